The number of rotatable bonds is 2. The molecule has 2 aromatic rings. The van der Waals surface area contributed by atoms with Crippen LogP contribution >= 0.6 is 11.6 Å². The standard InChI is InChI=1S/C13H12ClNO4/c1-5-6(2)12(16)11(14)7(3)10(5)8-4-9(13(17)18)19-15-8/h4,16H,1-3H3,(H,17,18). The van der Waals surface area contributed by atoms with Gasteiger partial charge in [0.05, 0.1) is 5.02 Å². The minimum absolute atomic E-state index is 0.0300. The Kier molecular flexibility index (Phi) is 3.24. The number of hydrogen-bond donors (Lipinski definition) is 2. The quantitative estimate of drug-likeness (QED) is 0.882. The molecule has 0 aliphatic rings. The SMILES string of the molecule is Cc1c(C)c(-c2cc(C(=O)O)on2)c(C)c(Cl)c1O. The van der Waals surface area contributed by atoms with Crippen molar-refractivity contribution in [2.24, 2.45) is 0 Å². The third-order valence-electron chi connectivity index (χ3n) is 3.18. The zero-order chi connectivity index (χ0) is 14.3. The lowest BCUT2D eigenvalue weighted by Gasteiger charge is -2.14. The van der Waals surface area contributed by atoms with Crippen LogP contribution in [0.3, 0.4) is 0 Å². The van der Waals surface area contributed by atoms with Crippen LogP contribution < -0.4 is 0 Å². The predicted molar refractivity (Wildman–Crippen MR) is 69.8 cm³/mol. The molecule has 1 aromatic heterocycles. The molecule has 0 spiro atoms. The van der Waals surface area contributed by atoms with Crippen molar-refractivity contribution in [3.63, 3.8) is 0 Å². The fraction of sp³-hybridized carbons (Fsp3) is 0.231. The Morgan fingerprint density at radius 3 is 2.42 bits per heavy atom. The summed E-state index contributed by atoms with van der Waals surface area (Å²) < 4.78 is 4.75. The van der Waals surface area contributed by atoms with Crippen molar-refractivity contribution in [3.05, 3.63) is 33.5 Å². The van der Waals surface area contributed by atoms with Crippen molar-refractivity contribution in [1.29, 1.82) is 0 Å². The molecule has 0 amide bonds. The van der Waals surface area contributed by atoms with Gasteiger partial charge in [-0.1, -0.05) is 16.8 Å². The van der Waals surface area contributed by atoms with Crippen LogP contribution in [0.2, 0.25) is 5.02 Å². The Balaban J connectivity index is 2.71. The minimum atomic E-state index is -1.18. The highest BCUT2D eigenvalue weighted by Crippen LogP contribution is 2.40. The molecule has 0 bridgehead atoms. The third kappa shape index (κ3) is 2.06. The van der Waals surface area contributed by atoms with Gasteiger partial charge in [0.1, 0.15) is 11.4 Å². The van der Waals surface area contributed by atoms with Gasteiger partial charge in [0.25, 0.3) is 0 Å². The number of carboxylic acids is 1. The fourth-order valence-electron chi connectivity index (χ4n) is 1.98. The number of phenols is 1. The van der Waals surface area contributed by atoms with Gasteiger partial charge < -0.3 is 14.7 Å². The number of carboxylic acid groups (broad SMARTS) is 1. The van der Waals surface area contributed by atoms with E-state index in [1.165, 1.54) is 6.07 Å². The van der Waals surface area contributed by atoms with Gasteiger partial charge in [0.15, 0.2) is 0 Å². The molecule has 0 aliphatic carbocycles. The summed E-state index contributed by atoms with van der Waals surface area (Å²) in [4.78, 5) is 10.8. The molecular formula is C13H12ClNO4. The van der Waals surface area contributed by atoms with Crippen molar-refractivity contribution < 1.29 is 19.5 Å². The first kappa shape index (κ1) is 13.4. The maximum Gasteiger partial charge on any atom is 0.374 e. The smallest absolute Gasteiger partial charge is 0.374 e. The first-order chi connectivity index (χ1) is 8.84. The van der Waals surface area contributed by atoms with Crippen molar-refractivity contribution >= 4 is 17.6 Å². The average Bonchev–Trinajstić information content (AvgIpc) is 2.84. The molecule has 2 N–H and O–H groups in total. The van der Waals surface area contributed by atoms with E-state index in [9.17, 15) is 9.90 Å². The van der Waals surface area contributed by atoms with E-state index in [1.807, 2.05) is 6.92 Å². The predicted octanol–water partition coefficient (Wildman–Crippen LogP) is 3.32. The van der Waals surface area contributed by atoms with Crippen LogP contribution in [-0.4, -0.2) is 21.3 Å². The first-order valence-electron chi connectivity index (χ1n) is 5.53. The molecule has 0 fully saturated rings. The number of hydrogen-bond acceptors (Lipinski definition) is 4. The molecule has 6 heteroatoms. The summed E-state index contributed by atoms with van der Waals surface area (Å²) in [5, 5.41) is 22.7. The Labute approximate surface area is 114 Å². The van der Waals surface area contributed by atoms with E-state index in [0.29, 0.717) is 22.4 Å². The Morgan fingerprint density at radius 2 is 1.89 bits per heavy atom. The van der Waals surface area contributed by atoms with E-state index in [1.54, 1.807) is 13.8 Å². The van der Waals surface area contributed by atoms with E-state index < -0.39 is 5.97 Å². The summed E-state index contributed by atoms with van der Waals surface area (Å²) in [5.74, 6) is -1.39. The number of aromatic carboxylic acids is 1. The second-order valence-corrected chi connectivity index (χ2v) is 4.67. The van der Waals surface area contributed by atoms with Crippen molar-refractivity contribution in [2.75, 3.05) is 0 Å². The van der Waals surface area contributed by atoms with Crippen LogP contribution in [-0.2, 0) is 0 Å². The first-order valence-corrected chi connectivity index (χ1v) is 5.91. The average molecular weight is 282 g/mol. The van der Waals surface area contributed by atoms with Crippen LogP contribution in [0.5, 0.6) is 5.75 Å². The van der Waals surface area contributed by atoms with Crippen molar-refractivity contribution in [1.82, 2.24) is 5.16 Å². The highest BCUT2D eigenvalue weighted by Gasteiger charge is 2.20. The zero-order valence-corrected chi connectivity index (χ0v) is 11.4. The van der Waals surface area contributed by atoms with E-state index >= 15 is 0 Å². The number of carbonyl (C=O) groups is 1. The Morgan fingerprint density at radius 1 is 1.26 bits per heavy atom. The van der Waals surface area contributed by atoms with Gasteiger partial charge >= 0.3 is 5.97 Å². The van der Waals surface area contributed by atoms with Gasteiger partial charge in [0, 0.05) is 11.6 Å². The summed E-state index contributed by atoms with van der Waals surface area (Å²) in [7, 11) is 0. The normalized spacial score (nSPS) is 10.7. The number of phenolic OH excluding ortho intramolecular Hbond substituents is 1. The topological polar surface area (TPSA) is 83.6 Å². The molecule has 0 unspecified atom stereocenters. The molecule has 2 rings (SSSR count). The molecule has 0 saturated carbocycles. The molecule has 5 nitrogen and oxygen atoms in total. The van der Waals surface area contributed by atoms with Gasteiger partial charge in [-0.15, -0.1) is 0 Å². The number of nitrogens with zero attached hydrogens (tertiary/aromatic N) is 1. The summed E-state index contributed by atoms with van der Waals surface area (Å²) in [6.45, 7) is 5.28. The van der Waals surface area contributed by atoms with Gasteiger partial charge in [0.2, 0.25) is 5.76 Å². The van der Waals surface area contributed by atoms with E-state index in [2.05, 4.69) is 5.16 Å². The molecule has 0 aliphatic heterocycles. The van der Waals surface area contributed by atoms with Gasteiger partial charge in [-0.3, -0.25) is 0 Å². The van der Waals surface area contributed by atoms with E-state index in [-0.39, 0.29) is 16.5 Å². The lowest BCUT2D eigenvalue weighted by atomic mass is 9.95. The number of aromatic hydroxyl groups is 1. The maximum atomic E-state index is 10.8. The van der Waals surface area contributed by atoms with E-state index in [0.717, 1.165) is 5.56 Å². The second-order valence-electron chi connectivity index (χ2n) is 4.29. The molecule has 1 aromatic carbocycles. The van der Waals surface area contributed by atoms with E-state index in [4.69, 9.17) is 21.2 Å². The zero-order valence-electron chi connectivity index (χ0n) is 10.6. The number of benzene rings is 1. The highest BCUT2D eigenvalue weighted by atomic mass is 35.5. The molecule has 1 heterocycles. The largest absolute Gasteiger partial charge is 0.506 e. The Bertz CT molecular complexity index is 647. The molecule has 0 radical (unpaired) electrons. The van der Waals surface area contributed by atoms with Crippen LogP contribution in [0.15, 0.2) is 10.6 Å². The summed E-state index contributed by atoms with van der Waals surface area (Å²) in [6.07, 6.45) is 0. The lowest BCUT2D eigenvalue weighted by molar-refractivity contribution is 0.0652. The molecule has 19 heavy (non-hydrogen) atoms. The van der Waals surface area contributed by atoms with Crippen LogP contribution in [0.4, 0.5) is 0 Å². The van der Waals surface area contributed by atoms with Crippen LogP contribution in [0.25, 0.3) is 11.3 Å². The van der Waals surface area contributed by atoms with Gasteiger partial charge in [-0.2, -0.15) is 0 Å². The monoisotopic (exact) mass is 281 g/mol. The fourth-order valence-corrected chi connectivity index (χ4v) is 2.21. The lowest BCUT2D eigenvalue weighted by Crippen LogP contribution is -1.95. The number of halogens is 1. The summed E-state index contributed by atoms with van der Waals surface area (Å²) in [6, 6.07) is 1.34. The summed E-state index contributed by atoms with van der Waals surface area (Å²) in [5.41, 5.74) is 3.11. The van der Waals surface area contributed by atoms with Crippen molar-refractivity contribution in [3.8, 4) is 17.0 Å². The highest BCUT2D eigenvalue weighted by molar-refractivity contribution is 6.33. The second kappa shape index (κ2) is 4.59. The molecule has 100 valence electrons. The molecule has 0 atom stereocenters. The van der Waals surface area contributed by atoms with Gasteiger partial charge in [-0.25, -0.2) is 4.79 Å². The Hall–Kier alpha value is -2.01. The van der Waals surface area contributed by atoms with Gasteiger partial charge in [-0.05, 0) is 37.5 Å². The van der Waals surface area contributed by atoms with Crippen molar-refractivity contribution in [2.45, 2.75) is 20.8 Å². The molecule has 0 saturated heterocycles. The number of aromatic nitrogens is 1. The minimum Gasteiger partial charge on any atom is -0.506 e. The van der Waals surface area contributed by atoms with Crippen LogP contribution in [0, 0.1) is 20.8 Å². The van der Waals surface area contributed by atoms with Crippen LogP contribution in [0.1, 0.15) is 27.2 Å². The summed E-state index contributed by atoms with van der Waals surface area (Å²) >= 11 is 6.05. The maximum absolute atomic E-state index is 10.8. The molecular weight excluding hydrogens is 270 g/mol. The third-order valence-corrected chi connectivity index (χ3v) is 3.64.